The first kappa shape index (κ1) is 16.4. The summed E-state index contributed by atoms with van der Waals surface area (Å²) in [5.74, 6) is -0.825. The standard InChI is InChI=1S/C18H19FN2O3/c19-14-5-2-1-4-12(14)10-13-11-21(9-8-16(13)22)18(24)15-6-3-7-17(23)20-15/h1-7,13,16,22H,8-11H2,(H,20,23)/t13-,16+/m1/s1. The first-order chi connectivity index (χ1) is 11.5. The zero-order valence-electron chi connectivity index (χ0n) is 13.1. The van der Waals surface area contributed by atoms with Crippen LogP contribution >= 0.6 is 0 Å². The van der Waals surface area contributed by atoms with Gasteiger partial charge in [-0.1, -0.05) is 24.3 Å². The minimum atomic E-state index is -0.580. The molecule has 5 nitrogen and oxygen atoms in total. The van der Waals surface area contributed by atoms with Crippen molar-refractivity contribution in [2.24, 2.45) is 5.92 Å². The number of benzene rings is 1. The third-order valence-corrected chi connectivity index (χ3v) is 4.42. The maximum atomic E-state index is 13.8. The molecule has 126 valence electrons. The molecule has 2 N–H and O–H groups in total. The first-order valence-corrected chi connectivity index (χ1v) is 7.94. The van der Waals surface area contributed by atoms with Gasteiger partial charge in [-0.3, -0.25) is 9.59 Å². The topological polar surface area (TPSA) is 73.4 Å². The van der Waals surface area contributed by atoms with Gasteiger partial charge in [-0.25, -0.2) is 4.39 Å². The van der Waals surface area contributed by atoms with E-state index in [1.165, 1.54) is 18.2 Å². The van der Waals surface area contributed by atoms with Crippen LogP contribution in [0.25, 0.3) is 0 Å². The van der Waals surface area contributed by atoms with Gasteiger partial charge in [0.2, 0.25) is 5.56 Å². The van der Waals surface area contributed by atoms with Gasteiger partial charge in [0.15, 0.2) is 0 Å². The lowest BCUT2D eigenvalue weighted by Crippen LogP contribution is -2.47. The van der Waals surface area contributed by atoms with Gasteiger partial charge in [-0.2, -0.15) is 0 Å². The number of piperidine rings is 1. The van der Waals surface area contributed by atoms with Crippen molar-refractivity contribution in [2.45, 2.75) is 18.9 Å². The molecule has 0 radical (unpaired) electrons. The van der Waals surface area contributed by atoms with Crippen LogP contribution in [0.15, 0.2) is 47.3 Å². The molecule has 1 amide bonds. The van der Waals surface area contributed by atoms with E-state index in [0.29, 0.717) is 31.5 Å². The third kappa shape index (κ3) is 3.54. The molecule has 0 unspecified atom stereocenters. The van der Waals surface area contributed by atoms with Crippen LogP contribution in [0.3, 0.4) is 0 Å². The number of pyridine rings is 1. The Balaban J connectivity index is 1.74. The summed E-state index contributed by atoms with van der Waals surface area (Å²) >= 11 is 0. The normalized spacial score (nSPS) is 20.8. The van der Waals surface area contributed by atoms with Gasteiger partial charge in [-0.15, -0.1) is 0 Å². The van der Waals surface area contributed by atoms with Crippen LogP contribution in [0.4, 0.5) is 4.39 Å². The Labute approximate surface area is 138 Å². The van der Waals surface area contributed by atoms with Crippen molar-refractivity contribution < 1.29 is 14.3 Å². The molecule has 24 heavy (non-hydrogen) atoms. The highest BCUT2D eigenvalue weighted by Gasteiger charge is 2.31. The molecule has 0 saturated carbocycles. The molecular weight excluding hydrogens is 311 g/mol. The second-order valence-electron chi connectivity index (χ2n) is 6.09. The summed E-state index contributed by atoms with van der Waals surface area (Å²) in [6, 6.07) is 10.9. The molecule has 2 atom stereocenters. The van der Waals surface area contributed by atoms with Crippen LogP contribution in [0.2, 0.25) is 0 Å². The van der Waals surface area contributed by atoms with Gasteiger partial charge in [-0.05, 0) is 30.5 Å². The number of carbonyl (C=O) groups is 1. The average molecular weight is 330 g/mol. The van der Waals surface area contributed by atoms with Crippen LogP contribution < -0.4 is 5.56 Å². The molecule has 2 heterocycles. The summed E-state index contributed by atoms with van der Waals surface area (Å²) in [5, 5.41) is 10.2. The maximum Gasteiger partial charge on any atom is 0.270 e. The zero-order chi connectivity index (χ0) is 17.1. The Morgan fingerprint density at radius 2 is 2.04 bits per heavy atom. The highest BCUT2D eigenvalue weighted by Crippen LogP contribution is 2.23. The fraction of sp³-hybridized carbons (Fsp3) is 0.333. The second-order valence-corrected chi connectivity index (χ2v) is 6.09. The number of carbonyl (C=O) groups excluding carboxylic acids is 1. The molecule has 1 aliphatic rings. The van der Waals surface area contributed by atoms with Crippen molar-refractivity contribution in [2.75, 3.05) is 13.1 Å². The Morgan fingerprint density at radius 1 is 1.25 bits per heavy atom. The molecule has 1 aromatic carbocycles. The highest BCUT2D eigenvalue weighted by atomic mass is 19.1. The fourth-order valence-electron chi connectivity index (χ4n) is 3.09. The van der Waals surface area contributed by atoms with E-state index < -0.39 is 6.10 Å². The molecule has 0 aliphatic carbocycles. The number of aromatic nitrogens is 1. The smallest absolute Gasteiger partial charge is 0.270 e. The summed E-state index contributed by atoms with van der Waals surface area (Å²) in [7, 11) is 0. The average Bonchev–Trinajstić information content (AvgIpc) is 2.58. The molecule has 1 saturated heterocycles. The predicted molar refractivity (Wildman–Crippen MR) is 87.2 cm³/mol. The van der Waals surface area contributed by atoms with Gasteiger partial charge >= 0.3 is 0 Å². The highest BCUT2D eigenvalue weighted by molar-refractivity contribution is 5.92. The molecule has 1 fully saturated rings. The maximum absolute atomic E-state index is 13.8. The number of nitrogens with one attached hydrogen (secondary N) is 1. The summed E-state index contributed by atoms with van der Waals surface area (Å²) in [6.07, 6.45) is 0.216. The third-order valence-electron chi connectivity index (χ3n) is 4.42. The van der Waals surface area contributed by atoms with E-state index >= 15 is 0 Å². The van der Waals surface area contributed by atoms with Crippen LogP contribution in [0.1, 0.15) is 22.5 Å². The monoisotopic (exact) mass is 330 g/mol. The van der Waals surface area contributed by atoms with Gasteiger partial charge in [0.05, 0.1) is 6.10 Å². The van der Waals surface area contributed by atoms with Gasteiger partial charge in [0.25, 0.3) is 5.91 Å². The molecular formula is C18H19FN2O3. The number of halogens is 1. The number of nitrogens with zero attached hydrogens (tertiary/aromatic N) is 1. The largest absolute Gasteiger partial charge is 0.393 e. The molecule has 1 aliphatic heterocycles. The molecule has 6 heteroatoms. The number of hydrogen-bond donors (Lipinski definition) is 2. The lowest BCUT2D eigenvalue weighted by atomic mass is 9.88. The van der Waals surface area contributed by atoms with Crippen molar-refractivity contribution in [1.29, 1.82) is 0 Å². The number of aliphatic hydroxyl groups is 1. The minimum Gasteiger partial charge on any atom is -0.393 e. The Kier molecular flexibility index (Phi) is 4.76. The van der Waals surface area contributed by atoms with E-state index in [1.807, 2.05) is 0 Å². The number of likely N-dealkylation sites (tertiary alicyclic amines) is 1. The summed E-state index contributed by atoms with van der Waals surface area (Å²) in [5.41, 5.74) is 0.424. The van der Waals surface area contributed by atoms with Crippen molar-refractivity contribution in [3.05, 3.63) is 69.9 Å². The number of amides is 1. The molecule has 0 bridgehead atoms. The van der Waals surface area contributed by atoms with E-state index in [4.69, 9.17) is 0 Å². The molecule has 0 spiro atoms. The van der Waals surface area contributed by atoms with Crippen LogP contribution in [0.5, 0.6) is 0 Å². The second kappa shape index (κ2) is 6.97. The van der Waals surface area contributed by atoms with Crippen molar-refractivity contribution in [3.8, 4) is 0 Å². The Bertz CT molecular complexity index is 790. The van der Waals surface area contributed by atoms with Crippen molar-refractivity contribution >= 4 is 5.91 Å². The van der Waals surface area contributed by atoms with E-state index in [-0.39, 0.29) is 28.9 Å². The quantitative estimate of drug-likeness (QED) is 0.897. The van der Waals surface area contributed by atoms with E-state index in [2.05, 4.69) is 4.98 Å². The lowest BCUT2D eigenvalue weighted by Gasteiger charge is -2.36. The fourth-order valence-corrected chi connectivity index (χ4v) is 3.09. The van der Waals surface area contributed by atoms with Gasteiger partial charge in [0.1, 0.15) is 11.5 Å². The Hall–Kier alpha value is -2.47. The summed E-state index contributed by atoms with van der Waals surface area (Å²) in [6.45, 7) is 0.732. The number of hydrogen-bond acceptors (Lipinski definition) is 3. The molecule has 3 rings (SSSR count). The van der Waals surface area contributed by atoms with Crippen LogP contribution in [0, 0.1) is 11.7 Å². The predicted octanol–water partition coefficient (Wildman–Crippen LogP) is 1.58. The van der Waals surface area contributed by atoms with E-state index in [1.54, 1.807) is 29.2 Å². The van der Waals surface area contributed by atoms with Crippen LogP contribution in [-0.4, -0.2) is 40.1 Å². The zero-order valence-corrected chi connectivity index (χ0v) is 13.1. The number of aliphatic hydroxyl groups excluding tert-OH is 1. The first-order valence-electron chi connectivity index (χ1n) is 7.94. The number of aromatic amines is 1. The summed E-state index contributed by atoms with van der Waals surface area (Å²) < 4.78 is 13.8. The summed E-state index contributed by atoms with van der Waals surface area (Å²) in [4.78, 5) is 28.0. The lowest BCUT2D eigenvalue weighted by molar-refractivity contribution is 0.0236. The van der Waals surface area contributed by atoms with Crippen molar-refractivity contribution in [3.63, 3.8) is 0 Å². The van der Waals surface area contributed by atoms with Gasteiger partial charge < -0.3 is 15.0 Å². The van der Waals surface area contributed by atoms with Crippen molar-refractivity contribution in [1.82, 2.24) is 9.88 Å². The minimum absolute atomic E-state index is 0.225. The molecule has 1 aromatic heterocycles. The van der Waals surface area contributed by atoms with E-state index in [0.717, 1.165) is 0 Å². The SMILES string of the molecule is O=C(c1cccc(=O)[nH]1)N1CC[C@H](O)[C@H](Cc2ccccc2F)C1. The van der Waals surface area contributed by atoms with E-state index in [9.17, 15) is 19.1 Å². The van der Waals surface area contributed by atoms with Gasteiger partial charge in [0, 0.05) is 25.1 Å². The molecule has 2 aromatic rings. The van der Waals surface area contributed by atoms with Crippen LogP contribution in [-0.2, 0) is 6.42 Å². The number of H-pyrrole nitrogens is 1. The Morgan fingerprint density at radius 3 is 2.79 bits per heavy atom. The number of rotatable bonds is 3.